The lowest BCUT2D eigenvalue weighted by atomic mass is 10.2. The number of amides is 1. The van der Waals surface area contributed by atoms with Crippen molar-refractivity contribution in [2.45, 2.75) is 19.8 Å². The summed E-state index contributed by atoms with van der Waals surface area (Å²) < 4.78 is 0. The van der Waals surface area contributed by atoms with Gasteiger partial charge < -0.3 is 11.1 Å². The maximum Gasteiger partial charge on any atom is 0.244 e. The predicted octanol–water partition coefficient (Wildman–Crippen LogP) is 0.664. The molecule has 0 aromatic rings. The summed E-state index contributed by atoms with van der Waals surface area (Å²) in [5.74, 6) is -0.383. The van der Waals surface area contributed by atoms with E-state index in [0.717, 1.165) is 12.8 Å². The van der Waals surface area contributed by atoms with E-state index in [1.54, 1.807) is 0 Å². The molecule has 0 saturated heterocycles. The maximum absolute atomic E-state index is 10.2. The van der Waals surface area contributed by atoms with E-state index in [1.165, 1.54) is 0 Å². The van der Waals surface area contributed by atoms with Crippen LogP contribution in [-0.4, -0.2) is 20.0 Å². The zero-order valence-corrected chi connectivity index (χ0v) is 7.61. The second-order valence-electron chi connectivity index (χ2n) is 2.22. The van der Waals surface area contributed by atoms with Crippen molar-refractivity contribution in [2.75, 3.05) is 14.1 Å². The molecule has 0 unspecified atom stereocenters. The summed E-state index contributed by atoms with van der Waals surface area (Å²) >= 11 is 0. The van der Waals surface area contributed by atoms with Gasteiger partial charge in [0.25, 0.3) is 0 Å². The molecular formula is C8H18N2O. The summed E-state index contributed by atoms with van der Waals surface area (Å²) in [4.78, 5) is 10.2. The minimum atomic E-state index is -0.383. The van der Waals surface area contributed by atoms with Gasteiger partial charge in [0.15, 0.2) is 0 Å². The van der Waals surface area contributed by atoms with E-state index in [-0.39, 0.29) is 5.91 Å². The monoisotopic (exact) mass is 158 g/mol. The van der Waals surface area contributed by atoms with Gasteiger partial charge in [-0.2, -0.15) is 0 Å². The second-order valence-corrected chi connectivity index (χ2v) is 2.22. The van der Waals surface area contributed by atoms with E-state index in [4.69, 9.17) is 5.73 Å². The highest BCUT2D eigenvalue weighted by Gasteiger charge is 1.96. The Labute approximate surface area is 68.7 Å². The van der Waals surface area contributed by atoms with Gasteiger partial charge in [-0.05, 0) is 20.5 Å². The number of carbonyl (C=O) groups excluding carboxylic acids is 1. The Morgan fingerprint density at radius 3 is 2.00 bits per heavy atom. The van der Waals surface area contributed by atoms with Gasteiger partial charge in [-0.1, -0.05) is 19.9 Å². The third kappa shape index (κ3) is 12.4. The zero-order chi connectivity index (χ0) is 9.28. The fourth-order valence-electron chi connectivity index (χ4n) is 0.425. The first-order valence-corrected chi connectivity index (χ1v) is 3.66. The van der Waals surface area contributed by atoms with E-state index in [1.807, 2.05) is 21.0 Å². The van der Waals surface area contributed by atoms with E-state index in [2.05, 4.69) is 11.9 Å². The van der Waals surface area contributed by atoms with Gasteiger partial charge in [-0.25, -0.2) is 0 Å². The Morgan fingerprint density at radius 2 is 1.91 bits per heavy atom. The van der Waals surface area contributed by atoms with Crippen molar-refractivity contribution in [3.8, 4) is 0 Å². The molecule has 1 amide bonds. The Hall–Kier alpha value is -0.830. The zero-order valence-electron chi connectivity index (χ0n) is 7.61. The van der Waals surface area contributed by atoms with Crippen molar-refractivity contribution in [1.29, 1.82) is 0 Å². The quantitative estimate of drug-likeness (QED) is 0.593. The average Bonchev–Trinajstić information content (AvgIpc) is 1.90. The van der Waals surface area contributed by atoms with Crippen molar-refractivity contribution in [1.82, 2.24) is 5.32 Å². The molecular weight excluding hydrogens is 140 g/mol. The van der Waals surface area contributed by atoms with E-state index in [0.29, 0.717) is 5.57 Å². The molecule has 0 aliphatic heterocycles. The third-order valence-electron chi connectivity index (χ3n) is 0.900. The molecule has 3 heteroatoms. The SMILES string of the molecule is C=C(CCC)C(N)=O.CNC. The molecule has 0 saturated carbocycles. The van der Waals surface area contributed by atoms with Crippen LogP contribution in [0.25, 0.3) is 0 Å². The normalized spacial score (nSPS) is 7.91. The van der Waals surface area contributed by atoms with E-state index in [9.17, 15) is 4.79 Å². The molecule has 0 rings (SSSR count). The first-order chi connectivity index (χ1) is 5.09. The summed E-state index contributed by atoms with van der Waals surface area (Å²) in [6.07, 6.45) is 1.65. The number of nitrogens with two attached hydrogens (primary N) is 1. The lowest BCUT2D eigenvalue weighted by molar-refractivity contribution is -0.114. The summed E-state index contributed by atoms with van der Waals surface area (Å²) in [5, 5.41) is 2.75. The number of hydrogen-bond donors (Lipinski definition) is 2. The number of nitrogens with one attached hydrogen (secondary N) is 1. The third-order valence-corrected chi connectivity index (χ3v) is 0.900. The molecule has 0 fully saturated rings. The molecule has 66 valence electrons. The van der Waals surface area contributed by atoms with Gasteiger partial charge in [0.1, 0.15) is 0 Å². The van der Waals surface area contributed by atoms with Crippen molar-refractivity contribution in [2.24, 2.45) is 5.73 Å². The van der Waals surface area contributed by atoms with Crippen LogP contribution in [0.15, 0.2) is 12.2 Å². The lowest BCUT2D eigenvalue weighted by Gasteiger charge is -1.93. The lowest BCUT2D eigenvalue weighted by Crippen LogP contribution is -2.12. The maximum atomic E-state index is 10.2. The molecule has 3 nitrogen and oxygen atoms in total. The highest BCUT2D eigenvalue weighted by molar-refractivity contribution is 5.91. The molecule has 0 spiro atoms. The molecule has 0 atom stereocenters. The van der Waals surface area contributed by atoms with Crippen molar-refractivity contribution < 1.29 is 4.79 Å². The van der Waals surface area contributed by atoms with E-state index >= 15 is 0 Å². The van der Waals surface area contributed by atoms with Crippen LogP contribution in [0, 0.1) is 0 Å². The Morgan fingerprint density at radius 1 is 1.55 bits per heavy atom. The minimum absolute atomic E-state index is 0.383. The van der Waals surface area contributed by atoms with Crippen molar-refractivity contribution >= 4 is 5.91 Å². The highest BCUT2D eigenvalue weighted by atomic mass is 16.1. The first kappa shape index (κ1) is 12.8. The molecule has 0 aliphatic carbocycles. The van der Waals surface area contributed by atoms with Gasteiger partial charge in [-0.15, -0.1) is 0 Å². The molecule has 3 N–H and O–H groups in total. The van der Waals surface area contributed by atoms with Crippen LogP contribution in [0.2, 0.25) is 0 Å². The van der Waals surface area contributed by atoms with Crippen molar-refractivity contribution in [3.05, 3.63) is 12.2 Å². The molecule has 0 radical (unpaired) electrons. The average molecular weight is 158 g/mol. The van der Waals surface area contributed by atoms with Gasteiger partial charge >= 0.3 is 0 Å². The molecule has 0 aliphatic rings. The number of primary amides is 1. The minimum Gasteiger partial charge on any atom is -0.366 e. The standard InChI is InChI=1S/C6H11NO.C2H7N/c1-3-4-5(2)6(7)8;1-3-2/h2-4H2,1H3,(H2,7,8);3H,1-2H3. The summed E-state index contributed by atoms with van der Waals surface area (Å²) in [5.41, 5.74) is 5.40. The van der Waals surface area contributed by atoms with Gasteiger partial charge in [0, 0.05) is 5.57 Å². The number of hydrogen-bond acceptors (Lipinski definition) is 2. The molecule has 0 aromatic carbocycles. The molecule has 0 bridgehead atoms. The highest BCUT2D eigenvalue weighted by Crippen LogP contribution is 1.98. The molecule has 0 aromatic heterocycles. The van der Waals surface area contributed by atoms with Crippen molar-refractivity contribution in [3.63, 3.8) is 0 Å². The summed E-state index contributed by atoms with van der Waals surface area (Å²) in [7, 11) is 3.75. The Bertz CT molecular complexity index is 121. The number of rotatable bonds is 3. The van der Waals surface area contributed by atoms with E-state index < -0.39 is 0 Å². The van der Waals surface area contributed by atoms with Crippen LogP contribution >= 0.6 is 0 Å². The predicted molar refractivity (Wildman–Crippen MR) is 48.2 cm³/mol. The Balaban J connectivity index is 0. The van der Waals surface area contributed by atoms with Gasteiger partial charge in [0.05, 0.1) is 0 Å². The second kappa shape index (κ2) is 9.17. The molecule has 11 heavy (non-hydrogen) atoms. The van der Waals surface area contributed by atoms with Crippen LogP contribution < -0.4 is 11.1 Å². The fraction of sp³-hybridized carbons (Fsp3) is 0.625. The van der Waals surface area contributed by atoms with Crippen LogP contribution in [0.4, 0.5) is 0 Å². The van der Waals surface area contributed by atoms with Crippen LogP contribution in [0.5, 0.6) is 0 Å². The summed E-state index contributed by atoms with van der Waals surface area (Å²) in [6, 6.07) is 0. The topological polar surface area (TPSA) is 55.1 Å². The van der Waals surface area contributed by atoms with Gasteiger partial charge in [0.2, 0.25) is 5.91 Å². The largest absolute Gasteiger partial charge is 0.366 e. The Kier molecular flexibility index (Phi) is 10.7. The fourth-order valence-corrected chi connectivity index (χ4v) is 0.425. The summed E-state index contributed by atoms with van der Waals surface area (Å²) in [6.45, 7) is 5.45. The van der Waals surface area contributed by atoms with Gasteiger partial charge in [-0.3, -0.25) is 4.79 Å². The van der Waals surface area contributed by atoms with Crippen LogP contribution in [-0.2, 0) is 4.79 Å². The first-order valence-electron chi connectivity index (χ1n) is 3.66. The smallest absolute Gasteiger partial charge is 0.244 e. The van der Waals surface area contributed by atoms with Crippen LogP contribution in [0.3, 0.4) is 0 Å². The van der Waals surface area contributed by atoms with Crippen LogP contribution in [0.1, 0.15) is 19.8 Å². The molecule has 0 heterocycles. The number of carbonyl (C=O) groups is 1.